The molecule has 5 heteroatoms. The predicted molar refractivity (Wildman–Crippen MR) is 101 cm³/mol. The summed E-state index contributed by atoms with van der Waals surface area (Å²) in [7, 11) is 4.17. The number of nitrogens with one attached hydrogen (secondary N) is 1. The molecular weight excluding hydrogens is 336 g/mol. The summed E-state index contributed by atoms with van der Waals surface area (Å²) >= 11 is 6.18. The van der Waals surface area contributed by atoms with Crippen molar-refractivity contribution in [2.75, 3.05) is 33.7 Å². The van der Waals surface area contributed by atoms with Crippen LogP contribution in [0.2, 0.25) is 5.02 Å². The van der Waals surface area contributed by atoms with Gasteiger partial charge < -0.3 is 19.7 Å². The Labute approximate surface area is 154 Å². The van der Waals surface area contributed by atoms with Crippen LogP contribution in [-0.2, 0) is 4.74 Å². The van der Waals surface area contributed by atoms with Gasteiger partial charge in [-0.15, -0.1) is 0 Å². The molecule has 0 radical (unpaired) electrons. The van der Waals surface area contributed by atoms with Crippen LogP contribution >= 0.6 is 11.6 Å². The van der Waals surface area contributed by atoms with Crippen molar-refractivity contribution in [2.24, 2.45) is 0 Å². The maximum absolute atomic E-state index is 6.23. The summed E-state index contributed by atoms with van der Waals surface area (Å²) in [5.74, 6) is 0.838. The van der Waals surface area contributed by atoms with Gasteiger partial charge in [-0.25, -0.2) is 0 Å². The molecule has 4 nitrogen and oxygen atoms in total. The Morgan fingerprint density at radius 3 is 2.68 bits per heavy atom. The van der Waals surface area contributed by atoms with Crippen LogP contribution in [0, 0.1) is 0 Å². The van der Waals surface area contributed by atoms with E-state index in [0.29, 0.717) is 11.6 Å². The van der Waals surface area contributed by atoms with E-state index in [1.807, 2.05) is 36.4 Å². The lowest BCUT2D eigenvalue weighted by molar-refractivity contribution is -0.124. The lowest BCUT2D eigenvalue weighted by Crippen LogP contribution is -2.38. The van der Waals surface area contributed by atoms with Crippen molar-refractivity contribution in [1.29, 1.82) is 0 Å². The Balaban J connectivity index is 1.69. The minimum atomic E-state index is -0.321. The van der Waals surface area contributed by atoms with E-state index in [-0.39, 0.29) is 12.4 Å². The van der Waals surface area contributed by atoms with Crippen LogP contribution in [0.15, 0.2) is 48.5 Å². The monoisotopic (exact) mass is 360 g/mol. The molecule has 1 aliphatic heterocycles. The third-order valence-corrected chi connectivity index (χ3v) is 4.41. The van der Waals surface area contributed by atoms with Gasteiger partial charge in [0.15, 0.2) is 0 Å². The summed E-state index contributed by atoms with van der Waals surface area (Å²) in [6.45, 7) is 2.65. The van der Waals surface area contributed by atoms with E-state index in [1.165, 1.54) is 0 Å². The quantitative estimate of drug-likeness (QED) is 0.763. The Morgan fingerprint density at radius 2 is 1.92 bits per heavy atom. The van der Waals surface area contributed by atoms with E-state index in [1.54, 1.807) is 0 Å². The second-order valence-electron chi connectivity index (χ2n) is 6.52. The summed E-state index contributed by atoms with van der Waals surface area (Å²) in [6.07, 6.45) is 0.601. The zero-order valence-corrected chi connectivity index (χ0v) is 15.5. The third kappa shape index (κ3) is 4.95. The molecule has 25 heavy (non-hydrogen) atoms. The van der Waals surface area contributed by atoms with E-state index in [4.69, 9.17) is 21.1 Å². The lowest BCUT2D eigenvalue weighted by Gasteiger charge is -2.33. The Morgan fingerprint density at radius 1 is 1.12 bits per heavy atom. The van der Waals surface area contributed by atoms with Crippen molar-refractivity contribution in [2.45, 2.75) is 18.8 Å². The second-order valence-corrected chi connectivity index (χ2v) is 6.95. The molecule has 0 spiro atoms. The van der Waals surface area contributed by atoms with Crippen LogP contribution in [0.1, 0.15) is 23.7 Å². The summed E-state index contributed by atoms with van der Waals surface area (Å²) < 4.78 is 12.2. The van der Waals surface area contributed by atoms with Crippen molar-refractivity contribution >= 4 is 11.6 Å². The number of hydrogen-bond acceptors (Lipinski definition) is 4. The van der Waals surface area contributed by atoms with E-state index in [0.717, 1.165) is 36.4 Å². The Bertz CT molecular complexity index is 679. The van der Waals surface area contributed by atoms with Gasteiger partial charge in [-0.2, -0.15) is 0 Å². The van der Waals surface area contributed by atoms with Gasteiger partial charge in [0.25, 0.3) is 0 Å². The summed E-state index contributed by atoms with van der Waals surface area (Å²) in [4.78, 5) is 2.18. The first-order chi connectivity index (χ1) is 12.1. The minimum Gasteiger partial charge on any atom is -0.463 e. The molecule has 0 unspecified atom stereocenters. The first-order valence-electron chi connectivity index (χ1n) is 8.65. The number of fused-ring (bicyclic) bond motifs is 1. The molecule has 0 aliphatic carbocycles. The standard InChI is InChI=1S/C20H25ClN2O2/c1-23(2)12-6-11-22-14-19-24-18-10-9-16(21)13-17(18)20(25-19)15-7-4-3-5-8-15/h3-5,7-10,13,19-20,22H,6,11-12,14H2,1-2H3/t19-,20-/m0/s1. The molecule has 134 valence electrons. The van der Waals surface area contributed by atoms with Crippen molar-refractivity contribution in [3.63, 3.8) is 0 Å². The molecule has 0 saturated carbocycles. The Kier molecular flexibility index (Phi) is 6.32. The van der Waals surface area contributed by atoms with Crippen molar-refractivity contribution in [3.8, 4) is 5.75 Å². The van der Waals surface area contributed by atoms with Gasteiger partial charge in [-0.3, -0.25) is 0 Å². The number of rotatable bonds is 7. The lowest BCUT2D eigenvalue weighted by atomic mass is 9.99. The van der Waals surface area contributed by atoms with Gasteiger partial charge in [0, 0.05) is 10.6 Å². The number of ether oxygens (including phenoxy) is 2. The van der Waals surface area contributed by atoms with E-state index in [2.05, 4.69) is 36.4 Å². The zero-order chi connectivity index (χ0) is 17.6. The predicted octanol–water partition coefficient (Wildman–Crippen LogP) is 3.71. The van der Waals surface area contributed by atoms with Gasteiger partial charge in [-0.1, -0.05) is 41.9 Å². The van der Waals surface area contributed by atoms with Gasteiger partial charge in [0.1, 0.15) is 11.9 Å². The number of nitrogens with zero attached hydrogens (tertiary/aromatic N) is 1. The van der Waals surface area contributed by atoms with Crippen LogP contribution in [0.25, 0.3) is 0 Å². The van der Waals surface area contributed by atoms with E-state index in [9.17, 15) is 0 Å². The van der Waals surface area contributed by atoms with Gasteiger partial charge in [0.05, 0.1) is 6.54 Å². The molecule has 1 heterocycles. The van der Waals surface area contributed by atoms with Crippen LogP contribution in [0.4, 0.5) is 0 Å². The van der Waals surface area contributed by atoms with Gasteiger partial charge >= 0.3 is 0 Å². The molecule has 0 amide bonds. The molecule has 0 aromatic heterocycles. The molecule has 1 N–H and O–H groups in total. The molecule has 0 bridgehead atoms. The second kappa shape index (κ2) is 8.68. The topological polar surface area (TPSA) is 33.7 Å². The fourth-order valence-electron chi connectivity index (χ4n) is 2.94. The SMILES string of the molecule is CN(C)CCCNC[C@H]1Oc2ccc(Cl)cc2[C@H](c2ccccc2)O1. The summed E-state index contributed by atoms with van der Waals surface area (Å²) in [6, 6.07) is 15.9. The molecule has 3 rings (SSSR count). The van der Waals surface area contributed by atoms with Crippen molar-refractivity contribution in [1.82, 2.24) is 10.2 Å². The van der Waals surface area contributed by atoms with Crippen LogP contribution in [0.3, 0.4) is 0 Å². The largest absolute Gasteiger partial charge is 0.463 e. The molecule has 0 fully saturated rings. The summed E-state index contributed by atoms with van der Waals surface area (Å²) in [5.41, 5.74) is 2.08. The number of benzene rings is 2. The highest BCUT2D eigenvalue weighted by Crippen LogP contribution is 2.39. The Hall–Kier alpha value is -1.59. The molecule has 2 aromatic rings. The highest BCUT2D eigenvalue weighted by atomic mass is 35.5. The average Bonchev–Trinajstić information content (AvgIpc) is 2.61. The van der Waals surface area contributed by atoms with Crippen molar-refractivity contribution < 1.29 is 9.47 Å². The summed E-state index contributed by atoms with van der Waals surface area (Å²) in [5, 5.41) is 4.11. The highest BCUT2D eigenvalue weighted by molar-refractivity contribution is 6.30. The molecular formula is C20H25ClN2O2. The molecule has 2 aromatic carbocycles. The fraction of sp³-hybridized carbons (Fsp3) is 0.400. The first-order valence-corrected chi connectivity index (χ1v) is 9.03. The first kappa shape index (κ1) is 18.2. The zero-order valence-electron chi connectivity index (χ0n) is 14.7. The third-order valence-electron chi connectivity index (χ3n) is 4.17. The van der Waals surface area contributed by atoms with Gasteiger partial charge in [-0.05, 0) is 57.4 Å². The maximum Gasteiger partial charge on any atom is 0.213 e. The number of halogens is 1. The number of hydrogen-bond donors (Lipinski definition) is 1. The van der Waals surface area contributed by atoms with E-state index >= 15 is 0 Å². The normalized spacial score (nSPS) is 19.5. The highest BCUT2D eigenvalue weighted by Gasteiger charge is 2.30. The fourth-order valence-corrected chi connectivity index (χ4v) is 3.12. The molecule has 1 aliphatic rings. The maximum atomic E-state index is 6.23. The van der Waals surface area contributed by atoms with Crippen LogP contribution in [0.5, 0.6) is 5.75 Å². The van der Waals surface area contributed by atoms with E-state index < -0.39 is 0 Å². The van der Waals surface area contributed by atoms with Crippen LogP contribution in [-0.4, -0.2) is 44.9 Å². The minimum absolute atomic E-state index is 0.169. The van der Waals surface area contributed by atoms with Gasteiger partial charge in [0.2, 0.25) is 6.29 Å². The van der Waals surface area contributed by atoms with Crippen molar-refractivity contribution in [3.05, 3.63) is 64.7 Å². The average molecular weight is 361 g/mol. The molecule has 0 saturated heterocycles. The smallest absolute Gasteiger partial charge is 0.213 e. The molecule has 2 atom stereocenters. The van der Waals surface area contributed by atoms with Crippen LogP contribution < -0.4 is 10.1 Å².